The molecule has 2 heterocycles. The van der Waals surface area contributed by atoms with Gasteiger partial charge in [0.25, 0.3) is 11.8 Å². The van der Waals surface area contributed by atoms with Gasteiger partial charge in [0.05, 0.1) is 5.57 Å². The van der Waals surface area contributed by atoms with E-state index in [0.717, 1.165) is 50.8 Å². The van der Waals surface area contributed by atoms with Crippen LogP contribution in [0.15, 0.2) is 30.0 Å². The van der Waals surface area contributed by atoms with Crippen molar-refractivity contribution in [1.82, 2.24) is 9.80 Å². The Balaban J connectivity index is 1.96. The van der Waals surface area contributed by atoms with Crippen molar-refractivity contribution >= 4 is 29.0 Å². The third kappa shape index (κ3) is 3.74. The molecule has 2 amide bonds. The second-order valence-corrected chi connectivity index (χ2v) is 7.18. The number of amides is 2. The highest BCUT2D eigenvalue weighted by Gasteiger charge is 2.41. The van der Waals surface area contributed by atoms with E-state index in [-0.39, 0.29) is 11.8 Å². The standard InChI is InChI=1S/C20H25ClN2O2/c1-2-3-5-14-23-19(24)17(15-8-10-16(21)11-9-15)18(20(23)25)22-12-6-4-7-13-22/h8-11H,2-7,12-14H2,1H3. The molecule has 25 heavy (non-hydrogen) atoms. The second kappa shape index (κ2) is 8.05. The normalized spacial score (nSPS) is 18.5. The fourth-order valence-electron chi connectivity index (χ4n) is 3.57. The molecule has 2 aliphatic rings. The SMILES string of the molecule is CCCCCN1C(=O)C(c2ccc(Cl)cc2)=C(N2CCCCC2)C1=O. The minimum atomic E-state index is -0.163. The van der Waals surface area contributed by atoms with Gasteiger partial charge in [0.1, 0.15) is 5.70 Å². The van der Waals surface area contributed by atoms with E-state index < -0.39 is 0 Å². The van der Waals surface area contributed by atoms with E-state index in [0.29, 0.717) is 22.8 Å². The minimum Gasteiger partial charge on any atom is -0.366 e. The number of piperidine rings is 1. The van der Waals surface area contributed by atoms with Crippen LogP contribution in [-0.2, 0) is 9.59 Å². The van der Waals surface area contributed by atoms with E-state index in [1.807, 2.05) is 12.1 Å². The minimum absolute atomic E-state index is 0.132. The number of carbonyl (C=O) groups excluding carboxylic acids is 2. The highest BCUT2D eigenvalue weighted by Crippen LogP contribution is 2.33. The molecule has 2 aliphatic heterocycles. The first kappa shape index (κ1) is 18.0. The number of hydrogen-bond donors (Lipinski definition) is 0. The molecule has 0 atom stereocenters. The Morgan fingerprint density at radius 3 is 2.28 bits per heavy atom. The Kier molecular flexibility index (Phi) is 5.79. The van der Waals surface area contributed by atoms with Gasteiger partial charge < -0.3 is 4.90 Å². The van der Waals surface area contributed by atoms with E-state index in [4.69, 9.17) is 11.6 Å². The van der Waals surface area contributed by atoms with Crippen molar-refractivity contribution in [3.05, 3.63) is 40.5 Å². The zero-order valence-electron chi connectivity index (χ0n) is 14.8. The zero-order chi connectivity index (χ0) is 17.8. The highest BCUT2D eigenvalue weighted by atomic mass is 35.5. The molecule has 0 unspecified atom stereocenters. The fraction of sp³-hybridized carbons (Fsp3) is 0.500. The number of rotatable bonds is 6. The van der Waals surface area contributed by atoms with Crippen LogP contribution in [0.4, 0.5) is 0 Å². The van der Waals surface area contributed by atoms with Crippen LogP contribution in [-0.4, -0.2) is 41.2 Å². The smallest absolute Gasteiger partial charge is 0.277 e. The Morgan fingerprint density at radius 1 is 0.960 bits per heavy atom. The molecule has 0 spiro atoms. The van der Waals surface area contributed by atoms with Gasteiger partial charge in [-0.1, -0.05) is 43.5 Å². The van der Waals surface area contributed by atoms with Crippen molar-refractivity contribution in [2.24, 2.45) is 0 Å². The summed E-state index contributed by atoms with van der Waals surface area (Å²) in [6, 6.07) is 7.22. The van der Waals surface area contributed by atoms with Crippen LogP contribution < -0.4 is 0 Å². The molecular weight excluding hydrogens is 336 g/mol. The van der Waals surface area contributed by atoms with Crippen LogP contribution in [0.1, 0.15) is 51.0 Å². The Morgan fingerprint density at radius 2 is 1.64 bits per heavy atom. The summed E-state index contributed by atoms with van der Waals surface area (Å²) in [5.74, 6) is -0.294. The van der Waals surface area contributed by atoms with Crippen molar-refractivity contribution in [3.8, 4) is 0 Å². The van der Waals surface area contributed by atoms with Gasteiger partial charge in [-0.05, 0) is 43.4 Å². The molecule has 1 aromatic carbocycles. The Labute approximate surface area is 154 Å². The summed E-state index contributed by atoms with van der Waals surface area (Å²) >= 11 is 5.99. The lowest BCUT2D eigenvalue weighted by Gasteiger charge is -2.29. The number of hydrogen-bond acceptors (Lipinski definition) is 3. The molecule has 134 valence electrons. The molecule has 5 heteroatoms. The maximum atomic E-state index is 13.0. The van der Waals surface area contributed by atoms with E-state index in [9.17, 15) is 9.59 Å². The molecular formula is C20H25ClN2O2. The van der Waals surface area contributed by atoms with Gasteiger partial charge >= 0.3 is 0 Å². The summed E-state index contributed by atoms with van der Waals surface area (Å²) in [6.07, 6.45) is 6.25. The first-order chi connectivity index (χ1) is 12.1. The van der Waals surface area contributed by atoms with Crippen LogP contribution in [0.5, 0.6) is 0 Å². The van der Waals surface area contributed by atoms with Gasteiger partial charge in [-0.25, -0.2) is 0 Å². The molecule has 0 saturated carbocycles. The van der Waals surface area contributed by atoms with E-state index in [2.05, 4.69) is 11.8 Å². The lowest BCUT2D eigenvalue weighted by molar-refractivity contribution is -0.137. The predicted molar refractivity (Wildman–Crippen MR) is 100 cm³/mol. The lowest BCUT2D eigenvalue weighted by atomic mass is 10.0. The maximum Gasteiger partial charge on any atom is 0.277 e. The quantitative estimate of drug-likeness (QED) is 0.566. The van der Waals surface area contributed by atoms with Crippen LogP contribution in [0.2, 0.25) is 5.02 Å². The Bertz CT molecular complexity index is 675. The Hall–Kier alpha value is -1.81. The second-order valence-electron chi connectivity index (χ2n) is 6.75. The molecule has 4 nitrogen and oxygen atoms in total. The van der Waals surface area contributed by atoms with Gasteiger partial charge in [-0.15, -0.1) is 0 Å². The average Bonchev–Trinajstić information content (AvgIpc) is 2.88. The molecule has 1 aromatic rings. The first-order valence-corrected chi connectivity index (χ1v) is 9.62. The van der Waals surface area contributed by atoms with Crippen LogP contribution in [0, 0.1) is 0 Å². The van der Waals surface area contributed by atoms with Crippen molar-refractivity contribution in [3.63, 3.8) is 0 Å². The highest BCUT2D eigenvalue weighted by molar-refractivity contribution is 6.36. The predicted octanol–water partition coefficient (Wildman–Crippen LogP) is 4.10. The van der Waals surface area contributed by atoms with Gasteiger partial charge in [0, 0.05) is 24.7 Å². The van der Waals surface area contributed by atoms with Crippen LogP contribution in [0.25, 0.3) is 5.57 Å². The summed E-state index contributed by atoms with van der Waals surface area (Å²) in [4.78, 5) is 29.6. The molecule has 3 rings (SSSR count). The number of nitrogens with zero attached hydrogens (tertiary/aromatic N) is 2. The molecule has 1 saturated heterocycles. The maximum absolute atomic E-state index is 13.0. The van der Waals surface area contributed by atoms with E-state index in [1.165, 1.54) is 11.3 Å². The molecule has 0 bridgehead atoms. The number of likely N-dealkylation sites (tertiary alicyclic amines) is 1. The lowest BCUT2D eigenvalue weighted by Crippen LogP contribution is -2.37. The number of carbonyl (C=O) groups is 2. The topological polar surface area (TPSA) is 40.6 Å². The summed E-state index contributed by atoms with van der Waals surface area (Å²) in [6.45, 7) is 4.30. The number of benzene rings is 1. The fourth-order valence-corrected chi connectivity index (χ4v) is 3.70. The summed E-state index contributed by atoms with van der Waals surface area (Å²) < 4.78 is 0. The molecule has 0 aliphatic carbocycles. The van der Waals surface area contributed by atoms with Gasteiger partial charge in [-0.2, -0.15) is 0 Å². The summed E-state index contributed by atoms with van der Waals surface area (Å²) in [5, 5.41) is 0.625. The first-order valence-electron chi connectivity index (χ1n) is 9.25. The van der Waals surface area contributed by atoms with Crippen molar-refractivity contribution in [2.75, 3.05) is 19.6 Å². The van der Waals surface area contributed by atoms with Crippen molar-refractivity contribution < 1.29 is 9.59 Å². The third-order valence-electron chi connectivity index (χ3n) is 4.93. The summed E-state index contributed by atoms with van der Waals surface area (Å²) in [7, 11) is 0. The number of halogens is 1. The molecule has 0 radical (unpaired) electrons. The van der Waals surface area contributed by atoms with Gasteiger partial charge in [0.15, 0.2) is 0 Å². The van der Waals surface area contributed by atoms with Gasteiger partial charge in [0.2, 0.25) is 0 Å². The third-order valence-corrected chi connectivity index (χ3v) is 5.19. The average molecular weight is 361 g/mol. The van der Waals surface area contributed by atoms with Crippen LogP contribution >= 0.6 is 11.6 Å². The van der Waals surface area contributed by atoms with Crippen molar-refractivity contribution in [2.45, 2.75) is 45.4 Å². The monoisotopic (exact) mass is 360 g/mol. The van der Waals surface area contributed by atoms with Crippen LogP contribution in [0.3, 0.4) is 0 Å². The summed E-state index contributed by atoms with van der Waals surface area (Å²) in [5.41, 5.74) is 1.91. The molecule has 0 N–H and O–H groups in total. The zero-order valence-corrected chi connectivity index (χ0v) is 15.5. The van der Waals surface area contributed by atoms with Gasteiger partial charge in [-0.3, -0.25) is 14.5 Å². The molecule has 1 fully saturated rings. The number of imide groups is 1. The van der Waals surface area contributed by atoms with E-state index in [1.54, 1.807) is 12.1 Å². The largest absolute Gasteiger partial charge is 0.366 e. The number of unbranched alkanes of at least 4 members (excludes halogenated alkanes) is 2. The van der Waals surface area contributed by atoms with Crippen molar-refractivity contribution in [1.29, 1.82) is 0 Å². The molecule has 0 aromatic heterocycles. The van der Waals surface area contributed by atoms with E-state index >= 15 is 0 Å².